The molecule has 5 nitrogen and oxygen atoms in total. The fourth-order valence-corrected chi connectivity index (χ4v) is 2.29. The summed E-state index contributed by atoms with van der Waals surface area (Å²) in [4.78, 5) is 15.1. The van der Waals surface area contributed by atoms with Crippen molar-refractivity contribution in [3.05, 3.63) is 29.6 Å². The fraction of sp³-hybridized carbons (Fsp3) is 0.250. The number of carbonyl (C=O) groups is 1. The van der Waals surface area contributed by atoms with Crippen LogP contribution >= 0.6 is 11.5 Å². The third-order valence-electron chi connectivity index (χ3n) is 2.40. The lowest BCUT2D eigenvalue weighted by atomic mass is 10.1. The SMILES string of the molecule is COc1ccc(-c2nc(C)ns2)cc1CC(=O)O. The molecule has 1 heterocycles. The van der Waals surface area contributed by atoms with E-state index in [1.807, 2.05) is 13.0 Å². The van der Waals surface area contributed by atoms with Crippen LogP contribution in [0.5, 0.6) is 5.75 Å². The van der Waals surface area contributed by atoms with Gasteiger partial charge in [0.1, 0.15) is 16.6 Å². The van der Waals surface area contributed by atoms with E-state index in [1.54, 1.807) is 12.1 Å². The highest BCUT2D eigenvalue weighted by Crippen LogP contribution is 2.28. The molecule has 1 N–H and O–H groups in total. The highest BCUT2D eigenvalue weighted by atomic mass is 32.1. The molecule has 0 saturated heterocycles. The van der Waals surface area contributed by atoms with Crippen molar-refractivity contribution in [1.29, 1.82) is 0 Å². The summed E-state index contributed by atoms with van der Waals surface area (Å²) in [5.41, 5.74) is 1.49. The second kappa shape index (κ2) is 5.14. The maximum absolute atomic E-state index is 10.8. The summed E-state index contributed by atoms with van der Waals surface area (Å²) in [6.45, 7) is 1.82. The van der Waals surface area contributed by atoms with Crippen molar-refractivity contribution in [1.82, 2.24) is 9.36 Å². The quantitative estimate of drug-likeness (QED) is 0.916. The molecule has 18 heavy (non-hydrogen) atoms. The van der Waals surface area contributed by atoms with Crippen LogP contribution in [0.25, 0.3) is 10.6 Å². The summed E-state index contributed by atoms with van der Waals surface area (Å²) in [6.07, 6.45) is -0.0746. The Hall–Kier alpha value is -1.95. The lowest BCUT2D eigenvalue weighted by molar-refractivity contribution is -0.136. The molecule has 0 unspecified atom stereocenters. The van der Waals surface area contributed by atoms with Crippen LogP contribution in [0.4, 0.5) is 0 Å². The molecule has 0 atom stereocenters. The van der Waals surface area contributed by atoms with Crippen LogP contribution in [0.1, 0.15) is 11.4 Å². The minimum atomic E-state index is -0.890. The molecule has 0 bridgehead atoms. The molecule has 0 saturated carbocycles. The van der Waals surface area contributed by atoms with Gasteiger partial charge in [0.05, 0.1) is 13.5 Å². The maximum Gasteiger partial charge on any atom is 0.307 e. The van der Waals surface area contributed by atoms with Crippen LogP contribution < -0.4 is 4.74 Å². The average Bonchev–Trinajstić information content (AvgIpc) is 2.75. The molecule has 1 aromatic heterocycles. The normalized spacial score (nSPS) is 10.3. The van der Waals surface area contributed by atoms with Gasteiger partial charge in [-0.15, -0.1) is 0 Å². The number of hydrogen-bond acceptors (Lipinski definition) is 5. The van der Waals surface area contributed by atoms with Crippen molar-refractivity contribution < 1.29 is 14.6 Å². The minimum absolute atomic E-state index is 0.0746. The van der Waals surface area contributed by atoms with Gasteiger partial charge in [0.2, 0.25) is 0 Å². The first-order chi connectivity index (χ1) is 8.60. The van der Waals surface area contributed by atoms with Crippen molar-refractivity contribution in [2.24, 2.45) is 0 Å². The summed E-state index contributed by atoms with van der Waals surface area (Å²) in [7, 11) is 1.52. The van der Waals surface area contributed by atoms with E-state index >= 15 is 0 Å². The third kappa shape index (κ3) is 2.65. The topological polar surface area (TPSA) is 72.3 Å². The summed E-state index contributed by atoms with van der Waals surface area (Å²) in [5.74, 6) is 0.395. The Balaban J connectivity index is 2.41. The van der Waals surface area contributed by atoms with Crippen LogP contribution in [0.3, 0.4) is 0 Å². The standard InChI is InChI=1S/C12H12N2O3S/c1-7-13-12(18-14-7)8-3-4-10(17-2)9(5-8)6-11(15)16/h3-5H,6H2,1-2H3,(H,15,16). The van der Waals surface area contributed by atoms with E-state index in [9.17, 15) is 4.79 Å². The molecule has 6 heteroatoms. The molecule has 0 amide bonds. The number of carboxylic acids is 1. The van der Waals surface area contributed by atoms with Crippen molar-refractivity contribution in [3.63, 3.8) is 0 Å². The lowest BCUT2D eigenvalue weighted by Gasteiger charge is -2.07. The smallest absolute Gasteiger partial charge is 0.307 e. The zero-order chi connectivity index (χ0) is 13.1. The van der Waals surface area contributed by atoms with Gasteiger partial charge in [0, 0.05) is 11.1 Å². The van der Waals surface area contributed by atoms with Crippen molar-refractivity contribution >= 4 is 17.5 Å². The Morgan fingerprint density at radius 1 is 1.50 bits per heavy atom. The summed E-state index contributed by atoms with van der Waals surface area (Å²) in [5, 5.41) is 9.65. The Bertz CT molecular complexity index is 580. The monoisotopic (exact) mass is 264 g/mol. The van der Waals surface area contributed by atoms with E-state index in [-0.39, 0.29) is 6.42 Å². The van der Waals surface area contributed by atoms with Gasteiger partial charge in [-0.25, -0.2) is 4.98 Å². The fourth-order valence-electron chi connectivity index (χ4n) is 1.63. The van der Waals surface area contributed by atoms with Gasteiger partial charge in [0.15, 0.2) is 0 Å². The molecule has 0 radical (unpaired) electrons. The first kappa shape index (κ1) is 12.5. The van der Waals surface area contributed by atoms with Gasteiger partial charge < -0.3 is 9.84 Å². The number of methoxy groups -OCH3 is 1. The Labute approximate surface area is 108 Å². The first-order valence-electron chi connectivity index (χ1n) is 5.29. The summed E-state index contributed by atoms with van der Waals surface area (Å²) in [6, 6.07) is 5.39. The predicted octanol–water partition coefficient (Wildman–Crippen LogP) is 2.15. The average molecular weight is 264 g/mol. The van der Waals surface area contributed by atoms with Gasteiger partial charge in [0.25, 0.3) is 0 Å². The summed E-state index contributed by atoms with van der Waals surface area (Å²) < 4.78 is 9.26. The summed E-state index contributed by atoms with van der Waals surface area (Å²) >= 11 is 1.29. The molecule has 0 spiro atoms. The lowest BCUT2D eigenvalue weighted by Crippen LogP contribution is -2.02. The van der Waals surface area contributed by atoms with E-state index in [0.29, 0.717) is 17.1 Å². The van der Waals surface area contributed by atoms with Crippen LogP contribution in [0.15, 0.2) is 18.2 Å². The first-order valence-corrected chi connectivity index (χ1v) is 6.07. The zero-order valence-electron chi connectivity index (χ0n) is 10.0. The number of ether oxygens (including phenoxy) is 1. The molecule has 1 aromatic carbocycles. The van der Waals surface area contributed by atoms with Gasteiger partial charge in [-0.05, 0) is 36.7 Å². The highest BCUT2D eigenvalue weighted by molar-refractivity contribution is 7.09. The zero-order valence-corrected chi connectivity index (χ0v) is 10.8. The van der Waals surface area contributed by atoms with Crippen molar-refractivity contribution in [3.8, 4) is 16.3 Å². The maximum atomic E-state index is 10.8. The van der Waals surface area contributed by atoms with E-state index in [1.165, 1.54) is 18.6 Å². The van der Waals surface area contributed by atoms with Gasteiger partial charge in [-0.3, -0.25) is 4.79 Å². The molecule has 0 fully saturated rings. The number of nitrogens with zero attached hydrogens (tertiary/aromatic N) is 2. The molecule has 94 valence electrons. The second-order valence-electron chi connectivity index (χ2n) is 3.74. The predicted molar refractivity (Wildman–Crippen MR) is 68.0 cm³/mol. The largest absolute Gasteiger partial charge is 0.496 e. The Kier molecular flexibility index (Phi) is 3.57. The molecule has 0 aliphatic heterocycles. The van der Waals surface area contributed by atoms with E-state index < -0.39 is 5.97 Å². The number of aromatic nitrogens is 2. The third-order valence-corrected chi connectivity index (χ3v) is 3.25. The van der Waals surface area contributed by atoms with E-state index in [2.05, 4.69) is 9.36 Å². The van der Waals surface area contributed by atoms with Crippen LogP contribution in [-0.4, -0.2) is 27.5 Å². The van der Waals surface area contributed by atoms with Gasteiger partial charge in [-0.2, -0.15) is 4.37 Å². The highest BCUT2D eigenvalue weighted by Gasteiger charge is 2.11. The van der Waals surface area contributed by atoms with Gasteiger partial charge >= 0.3 is 5.97 Å². The number of aliphatic carboxylic acids is 1. The molecule has 2 aromatic rings. The van der Waals surface area contributed by atoms with Crippen LogP contribution in [-0.2, 0) is 11.2 Å². The molecule has 2 rings (SSSR count). The Morgan fingerprint density at radius 3 is 2.83 bits per heavy atom. The van der Waals surface area contributed by atoms with E-state index in [0.717, 1.165) is 10.6 Å². The second-order valence-corrected chi connectivity index (χ2v) is 4.50. The van der Waals surface area contributed by atoms with Crippen LogP contribution in [0, 0.1) is 6.92 Å². The van der Waals surface area contributed by atoms with Crippen molar-refractivity contribution in [2.75, 3.05) is 7.11 Å². The number of hydrogen-bond donors (Lipinski definition) is 1. The number of aryl methyl sites for hydroxylation is 1. The minimum Gasteiger partial charge on any atom is -0.496 e. The Morgan fingerprint density at radius 2 is 2.28 bits per heavy atom. The molecule has 0 aliphatic carbocycles. The van der Waals surface area contributed by atoms with Crippen LogP contribution in [0.2, 0.25) is 0 Å². The number of carboxylic acid groups (broad SMARTS) is 1. The molecular weight excluding hydrogens is 252 g/mol. The molecular formula is C12H12N2O3S. The van der Waals surface area contributed by atoms with E-state index in [4.69, 9.17) is 9.84 Å². The number of rotatable bonds is 4. The van der Waals surface area contributed by atoms with Crippen molar-refractivity contribution in [2.45, 2.75) is 13.3 Å². The van der Waals surface area contributed by atoms with Gasteiger partial charge in [-0.1, -0.05) is 0 Å². The molecule has 0 aliphatic rings. The number of benzene rings is 1.